The number of nitrogens with one attached hydrogen (secondary N) is 2. The van der Waals surface area contributed by atoms with Crippen molar-refractivity contribution in [2.75, 3.05) is 18.4 Å². The number of anilines is 1. The number of carbonyl (C=O) groups is 5. The van der Waals surface area contributed by atoms with Crippen LogP contribution in [-0.4, -0.2) is 68.0 Å². The summed E-state index contributed by atoms with van der Waals surface area (Å²) in [5.41, 5.74) is 3.62. The van der Waals surface area contributed by atoms with E-state index in [-0.39, 0.29) is 49.1 Å². The number of aromatic nitrogens is 2. The summed E-state index contributed by atoms with van der Waals surface area (Å²) in [5, 5.41) is 7.37. The summed E-state index contributed by atoms with van der Waals surface area (Å²) in [4.78, 5) is 70.9. The van der Waals surface area contributed by atoms with Crippen molar-refractivity contribution in [3.8, 4) is 0 Å². The van der Waals surface area contributed by atoms with Crippen LogP contribution in [0.5, 0.6) is 0 Å². The minimum absolute atomic E-state index is 0.0419. The standard InChI is InChI=1S/C33H32N6O5/c40-28-10-9-27(32(43)36-28)39-18-21-17-22(7-8-23(21)33(39)44)35-29(41)16-20-11-14-37(15-12-20)30(42)19-38-26-6-2-1-4-24(26)25-5-3-13-34-31(25)38/h1-8,13,17,20,27H,9-12,14-16,18-19H2,(H,35,41)(H,36,40,43). The molecule has 44 heavy (non-hydrogen) atoms. The van der Waals surface area contributed by atoms with E-state index in [1.165, 1.54) is 4.90 Å². The lowest BCUT2D eigenvalue weighted by atomic mass is 9.93. The fraction of sp³-hybridized carbons (Fsp3) is 0.333. The molecular weight excluding hydrogens is 560 g/mol. The molecule has 2 fully saturated rings. The molecule has 7 rings (SSSR count). The molecule has 11 nitrogen and oxygen atoms in total. The molecular formula is C33H32N6O5. The number of piperidine rings is 2. The van der Waals surface area contributed by atoms with Crippen LogP contribution < -0.4 is 10.6 Å². The lowest BCUT2D eigenvalue weighted by molar-refractivity contribution is -0.137. The highest BCUT2D eigenvalue weighted by molar-refractivity contribution is 6.07. The van der Waals surface area contributed by atoms with Crippen LogP contribution in [0, 0.1) is 5.92 Å². The molecule has 0 aliphatic carbocycles. The van der Waals surface area contributed by atoms with Crippen LogP contribution in [0.15, 0.2) is 60.8 Å². The zero-order valence-corrected chi connectivity index (χ0v) is 24.1. The van der Waals surface area contributed by atoms with Gasteiger partial charge in [-0.25, -0.2) is 4.98 Å². The minimum Gasteiger partial charge on any atom is -0.341 e. The van der Waals surface area contributed by atoms with Crippen LogP contribution in [0.3, 0.4) is 0 Å². The third-order valence-corrected chi connectivity index (χ3v) is 9.07. The Labute approximate surface area is 253 Å². The zero-order valence-electron chi connectivity index (χ0n) is 24.1. The lowest BCUT2D eigenvalue weighted by Crippen LogP contribution is -2.52. The van der Waals surface area contributed by atoms with E-state index in [1.807, 2.05) is 39.8 Å². The number of amides is 5. The van der Waals surface area contributed by atoms with Gasteiger partial charge >= 0.3 is 0 Å². The first-order chi connectivity index (χ1) is 21.4. The van der Waals surface area contributed by atoms with E-state index in [9.17, 15) is 24.0 Å². The third kappa shape index (κ3) is 5.08. The van der Waals surface area contributed by atoms with Gasteiger partial charge in [-0.1, -0.05) is 18.2 Å². The van der Waals surface area contributed by atoms with Gasteiger partial charge in [-0.2, -0.15) is 0 Å². The number of rotatable bonds is 6. The Balaban J connectivity index is 0.931. The Morgan fingerprint density at radius 1 is 0.955 bits per heavy atom. The van der Waals surface area contributed by atoms with Crippen molar-refractivity contribution in [3.63, 3.8) is 0 Å². The first kappa shape index (κ1) is 27.8. The maximum Gasteiger partial charge on any atom is 0.255 e. The number of fused-ring (bicyclic) bond motifs is 4. The van der Waals surface area contributed by atoms with E-state index < -0.39 is 11.9 Å². The molecule has 2 aromatic heterocycles. The van der Waals surface area contributed by atoms with E-state index in [4.69, 9.17) is 0 Å². The SMILES string of the molecule is O=C1CCC(N2Cc3cc(NC(=O)CC4CCN(C(=O)Cn5c6ccccc6c6cccnc65)CC4)ccc3C2=O)C(=O)N1. The van der Waals surface area contributed by atoms with Crippen LogP contribution in [-0.2, 0) is 32.3 Å². The molecule has 2 saturated heterocycles. The molecule has 0 spiro atoms. The molecule has 0 radical (unpaired) electrons. The number of benzene rings is 2. The molecule has 4 aromatic rings. The molecule has 5 heterocycles. The Kier molecular flexibility index (Phi) is 7.07. The average molecular weight is 593 g/mol. The summed E-state index contributed by atoms with van der Waals surface area (Å²) in [7, 11) is 0. The van der Waals surface area contributed by atoms with Crippen LogP contribution in [0.25, 0.3) is 21.9 Å². The molecule has 2 N–H and O–H groups in total. The molecule has 3 aliphatic heterocycles. The average Bonchev–Trinajstić information content (AvgIpc) is 3.51. The molecule has 3 aliphatic rings. The number of hydrogen-bond donors (Lipinski definition) is 2. The Morgan fingerprint density at radius 3 is 2.57 bits per heavy atom. The van der Waals surface area contributed by atoms with Gasteiger partial charge in [0.25, 0.3) is 5.91 Å². The first-order valence-electron chi connectivity index (χ1n) is 15.0. The molecule has 5 amide bonds. The highest BCUT2D eigenvalue weighted by atomic mass is 16.2. The number of carbonyl (C=O) groups excluding carboxylic acids is 5. The second kappa shape index (κ2) is 11.2. The summed E-state index contributed by atoms with van der Waals surface area (Å²) in [6, 6.07) is 16.4. The van der Waals surface area contributed by atoms with Crippen LogP contribution in [0.2, 0.25) is 0 Å². The second-order valence-electron chi connectivity index (χ2n) is 11.8. The van der Waals surface area contributed by atoms with Crippen molar-refractivity contribution < 1.29 is 24.0 Å². The highest BCUT2D eigenvalue weighted by Crippen LogP contribution is 2.31. The van der Waals surface area contributed by atoms with Crippen molar-refractivity contribution in [3.05, 3.63) is 71.9 Å². The van der Waals surface area contributed by atoms with Gasteiger partial charge in [-0.05, 0) is 67.1 Å². The van der Waals surface area contributed by atoms with Gasteiger partial charge in [0.2, 0.25) is 23.6 Å². The normalized spacial score (nSPS) is 19.0. The first-order valence-corrected chi connectivity index (χ1v) is 15.0. The fourth-order valence-electron chi connectivity index (χ4n) is 6.78. The van der Waals surface area contributed by atoms with Gasteiger partial charge in [0, 0.05) is 60.7 Å². The van der Waals surface area contributed by atoms with Crippen LogP contribution in [0.4, 0.5) is 5.69 Å². The van der Waals surface area contributed by atoms with Crippen molar-refractivity contribution in [2.45, 2.75) is 51.2 Å². The Hall–Kier alpha value is -5.06. The maximum atomic E-state index is 13.3. The molecule has 0 bridgehead atoms. The third-order valence-electron chi connectivity index (χ3n) is 9.07. The number of pyridine rings is 1. The van der Waals surface area contributed by atoms with Gasteiger partial charge in [-0.15, -0.1) is 0 Å². The largest absolute Gasteiger partial charge is 0.341 e. The van der Waals surface area contributed by atoms with Gasteiger partial charge in [-0.3, -0.25) is 29.3 Å². The van der Waals surface area contributed by atoms with Gasteiger partial charge in [0.1, 0.15) is 18.2 Å². The minimum atomic E-state index is -0.679. The Morgan fingerprint density at radius 2 is 1.75 bits per heavy atom. The van der Waals surface area contributed by atoms with Crippen LogP contribution in [0.1, 0.15) is 48.0 Å². The van der Waals surface area contributed by atoms with Gasteiger partial charge < -0.3 is 19.7 Å². The van der Waals surface area contributed by atoms with E-state index >= 15 is 0 Å². The van der Waals surface area contributed by atoms with Gasteiger partial charge in [0.05, 0.1) is 5.52 Å². The van der Waals surface area contributed by atoms with Crippen molar-refractivity contribution in [1.29, 1.82) is 0 Å². The topological polar surface area (TPSA) is 134 Å². The molecule has 1 unspecified atom stereocenters. The summed E-state index contributed by atoms with van der Waals surface area (Å²) < 4.78 is 1.99. The quantitative estimate of drug-likeness (QED) is 0.331. The van der Waals surface area contributed by atoms with Gasteiger partial charge in [0.15, 0.2) is 0 Å². The van der Waals surface area contributed by atoms with E-state index in [1.54, 1.807) is 24.4 Å². The molecule has 1 atom stereocenters. The number of imide groups is 1. The summed E-state index contributed by atoms with van der Waals surface area (Å²) >= 11 is 0. The van der Waals surface area contributed by atoms with Crippen molar-refractivity contribution >= 4 is 57.2 Å². The molecule has 11 heteroatoms. The molecule has 224 valence electrons. The monoisotopic (exact) mass is 592 g/mol. The molecule has 2 aromatic carbocycles. The highest BCUT2D eigenvalue weighted by Gasteiger charge is 2.39. The summed E-state index contributed by atoms with van der Waals surface area (Å²) in [5.74, 6) is -0.934. The number of para-hydroxylation sites is 1. The predicted octanol–water partition coefficient (Wildman–Crippen LogP) is 3.22. The van der Waals surface area contributed by atoms with Crippen LogP contribution >= 0.6 is 0 Å². The Bertz CT molecular complexity index is 1790. The van der Waals surface area contributed by atoms with Crippen molar-refractivity contribution in [1.82, 2.24) is 24.7 Å². The number of hydrogen-bond acceptors (Lipinski definition) is 6. The van der Waals surface area contributed by atoms with Crippen molar-refractivity contribution in [2.24, 2.45) is 5.92 Å². The number of nitrogens with zero attached hydrogens (tertiary/aromatic N) is 4. The second-order valence-corrected chi connectivity index (χ2v) is 11.8. The maximum absolute atomic E-state index is 13.3. The number of likely N-dealkylation sites (tertiary alicyclic amines) is 1. The molecule has 0 saturated carbocycles. The lowest BCUT2D eigenvalue weighted by Gasteiger charge is -2.32. The zero-order chi connectivity index (χ0) is 30.4. The summed E-state index contributed by atoms with van der Waals surface area (Å²) in [6.07, 6.45) is 4.07. The van der Waals surface area contributed by atoms with E-state index in [0.717, 1.165) is 40.3 Å². The predicted molar refractivity (Wildman–Crippen MR) is 162 cm³/mol. The summed E-state index contributed by atoms with van der Waals surface area (Å²) in [6.45, 7) is 1.66. The smallest absolute Gasteiger partial charge is 0.255 e. The fourth-order valence-corrected chi connectivity index (χ4v) is 6.78. The van der Waals surface area contributed by atoms with E-state index in [0.29, 0.717) is 37.2 Å². The van der Waals surface area contributed by atoms with E-state index in [2.05, 4.69) is 21.7 Å².